The second kappa shape index (κ2) is 9.32. The zero-order chi connectivity index (χ0) is 24.6. The number of benzene rings is 2. The van der Waals surface area contributed by atoms with Crippen molar-refractivity contribution >= 4 is 11.6 Å². The molecule has 6 rings (SSSR count). The molecule has 0 bridgehead atoms. The van der Waals surface area contributed by atoms with Gasteiger partial charge in [0.2, 0.25) is 11.9 Å². The first-order valence-electron chi connectivity index (χ1n) is 12.5. The number of likely N-dealkylation sites (tertiary alicyclic amines) is 1. The Balaban J connectivity index is 1.28. The Kier molecular flexibility index (Phi) is 5.85. The lowest BCUT2D eigenvalue weighted by Crippen LogP contribution is -2.45. The quantitative estimate of drug-likeness (QED) is 0.410. The molecule has 36 heavy (non-hydrogen) atoms. The lowest BCUT2D eigenvalue weighted by Gasteiger charge is -2.33. The lowest BCUT2D eigenvalue weighted by molar-refractivity contribution is -0.127. The van der Waals surface area contributed by atoms with Crippen molar-refractivity contribution in [2.75, 3.05) is 13.1 Å². The van der Waals surface area contributed by atoms with E-state index in [1.807, 2.05) is 35.2 Å². The Morgan fingerprint density at radius 2 is 1.83 bits per heavy atom. The van der Waals surface area contributed by atoms with Crippen LogP contribution in [0.25, 0.3) is 28.2 Å². The molecule has 1 atom stereocenters. The van der Waals surface area contributed by atoms with Gasteiger partial charge in [0.05, 0.1) is 5.69 Å². The molecule has 0 radical (unpaired) electrons. The van der Waals surface area contributed by atoms with Crippen LogP contribution in [0, 0.1) is 5.95 Å². The van der Waals surface area contributed by atoms with Crippen molar-refractivity contribution in [1.82, 2.24) is 24.8 Å². The molecule has 1 aliphatic heterocycles. The molecule has 1 aliphatic carbocycles. The normalized spacial score (nSPS) is 17.9. The molecule has 0 unspecified atom stereocenters. The average molecular weight is 482 g/mol. The Morgan fingerprint density at radius 3 is 2.61 bits per heavy atom. The van der Waals surface area contributed by atoms with Gasteiger partial charge in [0.25, 0.3) is 0 Å². The lowest BCUT2D eigenvalue weighted by atomic mass is 9.99. The second-order valence-corrected chi connectivity index (χ2v) is 9.58. The van der Waals surface area contributed by atoms with Gasteiger partial charge >= 0.3 is 0 Å². The van der Waals surface area contributed by atoms with Crippen LogP contribution in [0.1, 0.15) is 36.4 Å². The average Bonchev–Trinajstić information content (AvgIpc) is 3.49. The van der Waals surface area contributed by atoms with Crippen molar-refractivity contribution in [3.63, 3.8) is 0 Å². The zero-order valence-corrected chi connectivity index (χ0v) is 20.0. The number of carbonyl (C=O) groups excluding carboxylic acids is 1. The van der Waals surface area contributed by atoms with Gasteiger partial charge in [-0.3, -0.25) is 4.79 Å². The third-order valence-corrected chi connectivity index (χ3v) is 7.40. The fraction of sp³-hybridized carbons (Fsp3) is 0.276. The van der Waals surface area contributed by atoms with Crippen molar-refractivity contribution < 1.29 is 9.18 Å². The molecule has 1 N–H and O–H groups in total. The van der Waals surface area contributed by atoms with Gasteiger partial charge in [-0.05, 0) is 61.1 Å². The van der Waals surface area contributed by atoms with Gasteiger partial charge < -0.3 is 10.2 Å². The van der Waals surface area contributed by atoms with Crippen LogP contribution in [-0.2, 0) is 11.2 Å². The van der Waals surface area contributed by atoms with E-state index in [1.54, 1.807) is 10.6 Å². The number of hydrogen-bond acceptors (Lipinski definition) is 4. The molecule has 2 aromatic heterocycles. The SMILES string of the molecule is C=CC(=O)N1CCC(N[C@H]2CCc3cc(-c4nc5ccc(F)nn5c4-c4ccccc4)ccc32)CC1. The Morgan fingerprint density at radius 1 is 1.03 bits per heavy atom. The summed E-state index contributed by atoms with van der Waals surface area (Å²) in [5.41, 5.74) is 6.81. The minimum absolute atomic E-state index is 0.0203. The smallest absolute Gasteiger partial charge is 0.245 e. The molecule has 182 valence electrons. The summed E-state index contributed by atoms with van der Waals surface area (Å²) < 4.78 is 15.6. The van der Waals surface area contributed by atoms with Crippen LogP contribution in [0.5, 0.6) is 0 Å². The predicted octanol–water partition coefficient (Wildman–Crippen LogP) is 4.96. The maximum Gasteiger partial charge on any atom is 0.245 e. The summed E-state index contributed by atoms with van der Waals surface area (Å²) in [6, 6.07) is 20.2. The molecule has 2 aliphatic rings. The number of rotatable bonds is 5. The number of halogens is 1. The number of amides is 1. The van der Waals surface area contributed by atoms with Gasteiger partial charge in [0, 0.05) is 36.3 Å². The van der Waals surface area contributed by atoms with Crippen LogP contribution in [0.2, 0.25) is 0 Å². The molecule has 1 saturated heterocycles. The summed E-state index contributed by atoms with van der Waals surface area (Å²) in [5, 5.41) is 7.96. The topological polar surface area (TPSA) is 62.5 Å². The zero-order valence-electron chi connectivity index (χ0n) is 20.0. The highest BCUT2D eigenvalue weighted by molar-refractivity contribution is 5.87. The van der Waals surface area contributed by atoms with E-state index in [0.29, 0.717) is 17.7 Å². The summed E-state index contributed by atoms with van der Waals surface area (Å²) in [6.45, 7) is 5.14. The summed E-state index contributed by atoms with van der Waals surface area (Å²) in [5.74, 6) is -0.516. The number of hydrogen-bond donors (Lipinski definition) is 1. The summed E-state index contributed by atoms with van der Waals surface area (Å²) in [7, 11) is 0. The van der Waals surface area contributed by atoms with Crippen molar-refractivity contribution in [1.29, 1.82) is 0 Å². The van der Waals surface area contributed by atoms with Crippen molar-refractivity contribution in [2.45, 2.75) is 37.8 Å². The highest BCUT2D eigenvalue weighted by Crippen LogP contribution is 2.38. The third-order valence-electron chi connectivity index (χ3n) is 7.40. The first kappa shape index (κ1) is 22.6. The van der Waals surface area contributed by atoms with Crippen LogP contribution in [-0.4, -0.2) is 44.5 Å². The minimum Gasteiger partial charge on any atom is -0.339 e. The van der Waals surface area contributed by atoms with E-state index >= 15 is 0 Å². The van der Waals surface area contributed by atoms with E-state index in [-0.39, 0.29) is 5.91 Å². The van der Waals surface area contributed by atoms with E-state index in [0.717, 1.165) is 61.3 Å². The molecule has 0 spiro atoms. The van der Waals surface area contributed by atoms with E-state index < -0.39 is 5.95 Å². The number of aryl methyl sites for hydroxylation is 1. The van der Waals surface area contributed by atoms with Crippen molar-refractivity contribution in [3.8, 4) is 22.5 Å². The molecule has 0 saturated carbocycles. The van der Waals surface area contributed by atoms with Gasteiger partial charge in [-0.2, -0.15) is 4.39 Å². The van der Waals surface area contributed by atoms with Crippen molar-refractivity contribution in [3.05, 3.63) is 90.4 Å². The van der Waals surface area contributed by atoms with E-state index in [2.05, 4.69) is 35.2 Å². The molecule has 1 fully saturated rings. The molecule has 1 amide bonds. The molecule has 7 heteroatoms. The van der Waals surface area contributed by atoms with Crippen LogP contribution >= 0.6 is 0 Å². The third kappa shape index (κ3) is 4.09. The predicted molar refractivity (Wildman–Crippen MR) is 138 cm³/mol. The van der Waals surface area contributed by atoms with Gasteiger partial charge in [0.15, 0.2) is 5.65 Å². The fourth-order valence-electron chi connectivity index (χ4n) is 5.59. The van der Waals surface area contributed by atoms with Gasteiger partial charge in [0.1, 0.15) is 5.69 Å². The molecule has 2 aromatic carbocycles. The monoisotopic (exact) mass is 481 g/mol. The van der Waals surface area contributed by atoms with Crippen molar-refractivity contribution in [2.24, 2.45) is 0 Å². The number of piperidine rings is 1. The Hall–Kier alpha value is -3.84. The number of nitrogens with zero attached hydrogens (tertiary/aromatic N) is 4. The Bertz CT molecular complexity index is 1440. The number of imidazole rings is 1. The Labute approximate surface area is 209 Å². The molecule has 4 aromatic rings. The van der Waals surface area contributed by atoms with E-state index in [9.17, 15) is 9.18 Å². The molecule has 3 heterocycles. The number of fused-ring (bicyclic) bond motifs is 2. The summed E-state index contributed by atoms with van der Waals surface area (Å²) >= 11 is 0. The fourth-order valence-corrected chi connectivity index (χ4v) is 5.59. The van der Waals surface area contributed by atoms with E-state index in [1.165, 1.54) is 23.3 Å². The highest BCUT2D eigenvalue weighted by atomic mass is 19.1. The summed E-state index contributed by atoms with van der Waals surface area (Å²) in [6.07, 6.45) is 5.35. The number of nitrogens with one attached hydrogen (secondary N) is 1. The standard InChI is InChI=1S/C29H28FN5O/c1-2-27(36)34-16-14-22(15-17-34)31-24-11-9-20-18-21(8-10-23(20)24)28-29(19-6-4-3-5-7-19)35-26(32-28)13-12-25(30)33-35/h2-8,10,12-13,18,22,24,31H,1,9,11,14-17H2/t24-/m0/s1. The molecule has 6 nitrogen and oxygen atoms in total. The van der Waals surface area contributed by atoms with Crippen LogP contribution in [0.3, 0.4) is 0 Å². The van der Waals surface area contributed by atoms with Crippen LogP contribution in [0.15, 0.2) is 73.3 Å². The highest BCUT2D eigenvalue weighted by Gasteiger charge is 2.28. The second-order valence-electron chi connectivity index (χ2n) is 9.58. The summed E-state index contributed by atoms with van der Waals surface area (Å²) in [4.78, 5) is 18.6. The van der Waals surface area contributed by atoms with E-state index in [4.69, 9.17) is 4.98 Å². The largest absolute Gasteiger partial charge is 0.339 e. The van der Waals surface area contributed by atoms with Gasteiger partial charge in [-0.25, -0.2) is 9.50 Å². The van der Waals surface area contributed by atoms with Gasteiger partial charge in [-0.1, -0.05) is 49.0 Å². The molecular weight excluding hydrogens is 453 g/mol. The minimum atomic E-state index is -0.536. The molecular formula is C29H28FN5O. The van der Waals surface area contributed by atoms with Crippen LogP contribution in [0.4, 0.5) is 4.39 Å². The van der Waals surface area contributed by atoms with Crippen LogP contribution < -0.4 is 5.32 Å². The number of carbonyl (C=O) groups is 1. The maximum absolute atomic E-state index is 14.0. The maximum atomic E-state index is 14.0. The first-order chi connectivity index (χ1) is 17.6. The van der Waals surface area contributed by atoms with Gasteiger partial charge in [-0.15, -0.1) is 5.10 Å². The number of aromatic nitrogens is 3. The first-order valence-corrected chi connectivity index (χ1v) is 12.5.